The Morgan fingerprint density at radius 3 is 2.67 bits per heavy atom. The third-order valence-electron chi connectivity index (χ3n) is 4.48. The van der Waals surface area contributed by atoms with Crippen LogP contribution in [0.5, 0.6) is 0 Å². The minimum Gasteiger partial charge on any atom is -0.367 e. The predicted octanol–water partition coefficient (Wildman–Crippen LogP) is 4.47. The average molecular weight is 376 g/mol. The maximum absolute atomic E-state index is 4.81. The molecule has 0 amide bonds. The average Bonchev–Trinajstić information content (AvgIpc) is 3.22. The highest BCUT2D eigenvalue weighted by molar-refractivity contribution is 7.10. The second-order valence-electron chi connectivity index (χ2n) is 6.53. The summed E-state index contributed by atoms with van der Waals surface area (Å²) < 4.78 is 0. The van der Waals surface area contributed by atoms with Crippen LogP contribution in [0.25, 0.3) is 22.3 Å². The number of hydrogen-bond donors (Lipinski definition) is 1. The van der Waals surface area contributed by atoms with E-state index in [4.69, 9.17) is 9.97 Å². The van der Waals surface area contributed by atoms with Crippen LogP contribution < -0.4 is 5.32 Å². The van der Waals surface area contributed by atoms with Crippen LogP contribution in [0, 0.1) is 0 Å². The van der Waals surface area contributed by atoms with Crippen LogP contribution in [0.2, 0.25) is 0 Å². The Labute approximate surface area is 162 Å². The molecule has 5 nitrogen and oxygen atoms in total. The summed E-state index contributed by atoms with van der Waals surface area (Å²) in [6.45, 7) is 0.765. The van der Waals surface area contributed by atoms with E-state index in [0.29, 0.717) is 5.82 Å². The number of likely N-dealkylation sites (N-methyl/N-ethyl adjacent to an activating group) is 1. The van der Waals surface area contributed by atoms with E-state index in [1.807, 2.05) is 30.3 Å². The van der Waals surface area contributed by atoms with Crippen LogP contribution in [0.15, 0.2) is 66.3 Å². The monoisotopic (exact) mass is 375 g/mol. The van der Waals surface area contributed by atoms with E-state index in [2.05, 4.69) is 52.9 Å². The van der Waals surface area contributed by atoms with Crippen LogP contribution in [0.1, 0.15) is 10.9 Å². The summed E-state index contributed by atoms with van der Waals surface area (Å²) >= 11 is 1.78. The molecule has 3 aromatic heterocycles. The first-order chi connectivity index (χ1) is 13.2. The van der Waals surface area contributed by atoms with Gasteiger partial charge in [0.25, 0.3) is 0 Å². The number of benzene rings is 1. The zero-order valence-corrected chi connectivity index (χ0v) is 16.1. The fourth-order valence-corrected chi connectivity index (χ4v) is 3.97. The SMILES string of the molecule is CN(C)[C@@H](CNc1nc(-c2cccnc2)nc2ccccc12)c1cccs1. The van der Waals surface area contributed by atoms with Crippen molar-refractivity contribution in [3.05, 3.63) is 71.2 Å². The van der Waals surface area contributed by atoms with Crippen molar-refractivity contribution < 1.29 is 0 Å². The van der Waals surface area contributed by atoms with Crippen LogP contribution in [-0.2, 0) is 0 Å². The molecule has 0 aliphatic heterocycles. The number of nitrogens with zero attached hydrogens (tertiary/aromatic N) is 4. The van der Waals surface area contributed by atoms with Gasteiger partial charge in [0, 0.05) is 34.8 Å². The number of pyridine rings is 1. The van der Waals surface area contributed by atoms with Gasteiger partial charge in [-0.25, -0.2) is 9.97 Å². The number of thiophene rings is 1. The molecular weight excluding hydrogens is 354 g/mol. The van der Waals surface area contributed by atoms with E-state index in [1.54, 1.807) is 23.7 Å². The first-order valence-corrected chi connectivity index (χ1v) is 9.71. The maximum Gasteiger partial charge on any atom is 0.163 e. The number of para-hydroxylation sites is 1. The summed E-state index contributed by atoms with van der Waals surface area (Å²) in [6, 6.07) is 16.5. The number of fused-ring (bicyclic) bond motifs is 1. The lowest BCUT2D eigenvalue weighted by Gasteiger charge is -2.24. The molecule has 136 valence electrons. The number of aromatic nitrogens is 3. The molecule has 0 spiro atoms. The van der Waals surface area contributed by atoms with Gasteiger partial charge in [-0.05, 0) is 49.8 Å². The second-order valence-corrected chi connectivity index (χ2v) is 7.51. The third kappa shape index (κ3) is 3.82. The Kier molecular flexibility index (Phi) is 5.09. The van der Waals surface area contributed by atoms with E-state index < -0.39 is 0 Å². The van der Waals surface area contributed by atoms with Crippen molar-refractivity contribution >= 4 is 28.1 Å². The van der Waals surface area contributed by atoms with Gasteiger partial charge in [0.15, 0.2) is 5.82 Å². The molecule has 0 fully saturated rings. The van der Waals surface area contributed by atoms with Crippen LogP contribution in [-0.4, -0.2) is 40.5 Å². The largest absolute Gasteiger partial charge is 0.367 e. The van der Waals surface area contributed by atoms with Crippen LogP contribution in [0.3, 0.4) is 0 Å². The van der Waals surface area contributed by atoms with E-state index in [0.717, 1.165) is 28.8 Å². The van der Waals surface area contributed by atoms with Crippen molar-refractivity contribution in [3.63, 3.8) is 0 Å². The Morgan fingerprint density at radius 2 is 1.93 bits per heavy atom. The van der Waals surface area contributed by atoms with Crippen LogP contribution in [0.4, 0.5) is 5.82 Å². The smallest absolute Gasteiger partial charge is 0.163 e. The standard InChI is InChI=1S/C21H21N5S/c1-26(2)18(19-10-6-12-27-19)14-23-21-16-8-3-4-9-17(16)24-20(25-21)15-7-5-11-22-13-15/h3-13,18H,14H2,1-2H3,(H,23,24,25)/t18-/m0/s1. The van der Waals surface area contributed by atoms with Crippen molar-refractivity contribution in [1.29, 1.82) is 0 Å². The van der Waals surface area contributed by atoms with Gasteiger partial charge in [0.05, 0.1) is 11.6 Å². The molecule has 0 bridgehead atoms. The molecule has 0 unspecified atom stereocenters. The van der Waals surface area contributed by atoms with Crippen molar-refractivity contribution in [3.8, 4) is 11.4 Å². The molecule has 1 atom stereocenters. The fourth-order valence-electron chi connectivity index (χ4n) is 3.05. The fraction of sp³-hybridized carbons (Fsp3) is 0.190. The Balaban J connectivity index is 1.70. The second kappa shape index (κ2) is 7.82. The molecule has 0 aliphatic carbocycles. The van der Waals surface area contributed by atoms with E-state index in [9.17, 15) is 0 Å². The molecule has 1 N–H and O–H groups in total. The van der Waals surface area contributed by atoms with E-state index in [-0.39, 0.29) is 6.04 Å². The van der Waals surface area contributed by atoms with Crippen molar-refractivity contribution in [2.24, 2.45) is 0 Å². The molecular formula is C21H21N5S. The zero-order chi connectivity index (χ0) is 18.6. The quantitative estimate of drug-likeness (QED) is 0.539. The van der Waals surface area contributed by atoms with Gasteiger partial charge in [-0.3, -0.25) is 4.98 Å². The summed E-state index contributed by atoms with van der Waals surface area (Å²) in [4.78, 5) is 17.3. The third-order valence-corrected chi connectivity index (χ3v) is 5.45. The Morgan fingerprint density at radius 1 is 1.04 bits per heavy atom. The number of rotatable bonds is 6. The van der Waals surface area contributed by atoms with Gasteiger partial charge in [-0.1, -0.05) is 18.2 Å². The molecule has 3 heterocycles. The van der Waals surface area contributed by atoms with Crippen molar-refractivity contribution in [2.45, 2.75) is 6.04 Å². The summed E-state index contributed by atoms with van der Waals surface area (Å²) in [5.74, 6) is 1.53. The molecule has 0 saturated heterocycles. The lowest BCUT2D eigenvalue weighted by Crippen LogP contribution is -2.26. The predicted molar refractivity (Wildman–Crippen MR) is 112 cm³/mol. The van der Waals surface area contributed by atoms with Crippen LogP contribution >= 0.6 is 11.3 Å². The lowest BCUT2D eigenvalue weighted by atomic mass is 10.2. The molecule has 0 radical (unpaired) electrons. The zero-order valence-electron chi connectivity index (χ0n) is 15.3. The molecule has 0 aliphatic rings. The molecule has 27 heavy (non-hydrogen) atoms. The minimum absolute atomic E-state index is 0.278. The molecule has 1 aromatic carbocycles. The number of nitrogens with one attached hydrogen (secondary N) is 1. The maximum atomic E-state index is 4.81. The van der Waals surface area contributed by atoms with Gasteiger partial charge in [-0.15, -0.1) is 11.3 Å². The Hall–Kier alpha value is -2.83. The first-order valence-electron chi connectivity index (χ1n) is 8.83. The van der Waals surface area contributed by atoms with Crippen molar-refractivity contribution in [1.82, 2.24) is 19.9 Å². The minimum atomic E-state index is 0.278. The molecule has 0 saturated carbocycles. The topological polar surface area (TPSA) is 53.9 Å². The van der Waals surface area contributed by atoms with Gasteiger partial charge in [-0.2, -0.15) is 0 Å². The van der Waals surface area contributed by atoms with Gasteiger partial charge >= 0.3 is 0 Å². The summed E-state index contributed by atoms with van der Waals surface area (Å²) in [6.07, 6.45) is 3.55. The van der Waals surface area contributed by atoms with Gasteiger partial charge in [0.1, 0.15) is 5.82 Å². The molecule has 6 heteroatoms. The normalized spacial score (nSPS) is 12.4. The highest BCUT2D eigenvalue weighted by Gasteiger charge is 2.16. The first kappa shape index (κ1) is 17.6. The summed E-state index contributed by atoms with van der Waals surface area (Å²) in [5.41, 5.74) is 1.83. The van der Waals surface area contributed by atoms with Gasteiger partial charge < -0.3 is 10.2 Å². The summed E-state index contributed by atoms with van der Waals surface area (Å²) in [7, 11) is 4.20. The summed E-state index contributed by atoms with van der Waals surface area (Å²) in [5, 5.41) is 6.70. The lowest BCUT2D eigenvalue weighted by molar-refractivity contribution is 0.316. The van der Waals surface area contributed by atoms with Crippen molar-refractivity contribution in [2.75, 3.05) is 26.0 Å². The molecule has 4 rings (SSSR count). The number of anilines is 1. The number of hydrogen-bond acceptors (Lipinski definition) is 6. The molecule has 4 aromatic rings. The van der Waals surface area contributed by atoms with E-state index >= 15 is 0 Å². The Bertz CT molecular complexity index is 1020. The van der Waals surface area contributed by atoms with Gasteiger partial charge in [0.2, 0.25) is 0 Å². The highest BCUT2D eigenvalue weighted by Crippen LogP contribution is 2.27. The van der Waals surface area contributed by atoms with E-state index in [1.165, 1.54) is 4.88 Å². The highest BCUT2D eigenvalue weighted by atomic mass is 32.1.